The number of amides is 1. The van der Waals surface area contributed by atoms with Crippen molar-refractivity contribution in [2.24, 2.45) is 0 Å². The zero-order valence-electron chi connectivity index (χ0n) is 10.4. The molecule has 0 spiro atoms. The van der Waals surface area contributed by atoms with Gasteiger partial charge in [-0.05, 0) is 19.9 Å². The van der Waals surface area contributed by atoms with E-state index in [-0.39, 0.29) is 6.09 Å². The molecule has 2 N–H and O–H groups in total. The van der Waals surface area contributed by atoms with Crippen LogP contribution in [0.25, 0.3) is 0 Å². The van der Waals surface area contributed by atoms with E-state index in [1.54, 1.807) is 0 Å². The number of ether oxygens (including phenoxy) is 2. The molecule has 0 aliphatic carbocycles. The molecule has 5 nitrogen and oxygen atoms in total. The topological polar surface area (TPSA) is 59.6 Å². The van der Waals surface area contributed by atoms with Crippen LogP contribution in [0.15, 0.2) is 0 Å². The van der Waals surface area contributed by atoms with Crippen molar-refractivity contribution in [3.8, 4) is 0 Å². The van der Waals surface area contributed by atoms with Gasteiger partial charge in [0.1, 0.15) is 6.61 Å². The molecule has 0 aromatic carbocycles. The van der Waals surface area contributed by atoms with Crippen molar-refractivity contribution >= 4 is 6.09 Å². The standard InChI is InChI=1S/C11H24N2O3/c1-3-5-6-12-7-8-15-9-10-16-11(14)13-4-2/h12H,3-10H2,1-2H3,(H,13,14). The van der Waals surface area contributed by atoms with Crippen LogP contribution in [0, 0.1) is 0 Å². The normalized spacial score (nSPS) is 10.1. The van der Waals surface area contributed by atoms with Gasteiger partial charge in [-0.3, -0.25) is 0 Å². The quantitative estimate of drug-likeness (QED) is 0.555. The minimum absolute atomic E-state index is 0.306. The molecule has 1 amide bonds. The van der Waals surface area contributed by atoms with Crippen molar-refractivity contribution in [3.63, 3.8) is 0 Å². The summed E-state index contributed by atoms with van der Waals surface area (Å²) in [5.74, 6) is 0. The van der Waals surface area contributed by atoms with E-state index in [9.17, 15) is 4.79 Å². The van der Waals surface area contributed by atoms with Crippen molar-refractivity contribution in [3.05, 3.63) is 0 Å². The minimum atomic E-state index is -0.382. The van der Waals surface area contributed by atoms with Gasteiger partial charge in [0.25, 0.3) is 0 Å². The van der Waals surface area contributed by atoms with E-state index in [1.807, 2.05) is 6.92 Å². The summed E-state index contributed by atoms with van der Waals surface area (Å²) in [5.41, 5.74) is 0. The number of hydrogen-bond donors (Lipinski definition) is 2. The van der Waals surface area contributed by atoms with Crippen LogP contribution in [0.1, 0.15) is 26.7 Å². The van der Waals surface area contributed by atoms with Gasteiger partial charge >= 0.3 is 6.09 Å². The van der Waals surface area contributed by atoms with Gasteiger partial charge in [0, 0.05) is 13.1 Å². The van der Waals surface area contributed by atoms with E-state index in [4.69, 9.17) is 9.47 Å². The Morgan fingerprint density at radius 3 is 2.62 bits per heavy atom. The molecule has 96 valence electrons. The lowest BCUT2D eigenvalue weighted by molar-refractivity contribution is 0.0742. The first-order valence-electron chi connectivity index (χ1n) is 6.00. The monoisotopic (exact) mass is 232 g/mol. The molecule has 0 atom stereocenters. The maximum Gasteiger partial charge on any atom is 0.407 e. The summed E-state index contributed by atoms with van der Waals surface area (Å²) in [6.07, 6.45) is 2.02. The van der Waals surface area contributed by atoms with Gasteiger partial charge in [0.2, 0.25) is 0 Å². The summed E-state index contributed by atoms with van der Waals surface area (Å²) in [5, 5.41) is 5.80. The fraction of sp³-hybridized carbons (Fsp3) is 0.909. The molecule has 5 heteroatoms. The number of rotatable bonds is 10. The number of nitrogens with one attached hydrogen (secondary N) is 2. The fourth-order valence-electron chi connectivity index (χ4n) is 1.06. The van der Waals surface area contributed by atoms with Gasteiger partial charge in [-0.15, -0.1) is 0 Å². The van der Waals surface area contributed by atoms with Crippen LogP contribution in [-0.4, -0.2) is 45.5 Å². The molecule has 0 aromatic rings. The first-order chi connectivity index (χ1) is 7.81. The molecule has 16 heavy (non-hydrogen) atoms. The fourth-order valence-corrected chi connectivity index (χ4v) is 1.06. The Morgan fingerprint density at radius 1 is 1.12 bits per heavy atom. The average molecular weight is 232 g/mol. The molecule has 0 saturated carbocycles. The first kappa shape index (κ1) is 15.2. The Labute approximate surface area is 97.9 Å². The van der Waals surface area contributed by atoms with Crippen molar-refractivity contribution in [2.45, 2.75) is 26.7 Å². The lowest BCUT2D eigenvalue weighted by atomic mass is 10.3. The largest absolute Gasteiger partial charge is 0.447 e. The zero-order valence-corrected chi connectivity index (χ0v) is 10.4. The van der Waals surface area contributed by atoms with Crippen LogP contribution in [0.5, 0.6) is 0 Å². The van der Waals surface area contributed by atoms with Gasteiger partial charge in [-0.25, -0.2) is 4.79 Å². The Morgan fingerprint density at radius 2 is 1.94 bits per heavy atom. The number of hydrogen-bond acceptors (Lipinski definition) is 4. The molecule has 0 rings (SSSR count). The molecule has 0 bridgehead atoms. The van der Waals surface area contributed by atoms with E-state index < -0.39 is 0 Å². The first-order valence-corrected chi connectivity index (χ1v) is 6.00. The number of alkyl carbamates (subject to hydrolysis) is 1. The second-order valence-electron chi connectivity index (χ2n) is 3.38. The summed E-state index contributed by atoms with van der Waals surface area (Å²) in [4.78, 5) is 10.8. The van der Waals surface area contributed by atoms with Crippen molar-refractivity contribution < 1.29 is 14.3 Å². The third kappa shape index (κ3) is 11.3. The van der Waals surface area contributed by atoms with E-state index in [2.05, 4.69) is 17.6 Å². The van der Waals surface area contributed by atoms with Crippen LogP contribution in [0.2, 0.25) is 0 Å². The van der Waals surface area contributed by atoms with Crippen LogP contribution < -0.4 is 10.6 Å². The van der Waals surface area contributed by atoms with Crippen LogP contribution >= 0.6 is 0 Å². The lowest BCUT2D eigenvalue weighted by Crippen LogP contribution is -2.26. The summed E-state index contributed by atoms with van der Waals surface area (Å²) in [6.45, 7) is 7.89. The molecule has 0 aromatic heterocycles. The Kier molecular flexibility index (Phi) is 11.6. The highest BCUT2D eigenvalue weighted by Crippen LogP contribution is 1.83. The van der Waals surface area contributed by atoms with E-state index >= 15 is 0 Å². The highest BCUT2D eigenvalue weighted by atomic mass is 16.6. The average Bonchev–Trinajstić information content (AvgIpc) is 2.27. The molecular weight excluding hydrogens is 208 g/mol. The van der Waals surface area contributed by atoms with E-state index in [0.717, 1.165) is 13.1 Å². The molecule has 0 aliphatic rings. The molecule has 0 radical (unpaired) electrons. The molecule has 0 heterocycles. The van der Waals surface area contributed by atoms with Crippen molar-refractivity contribution in [2.75, 3.05) is 39.5 Å². The minimum Gasteiger partial charge on any atom is -0.447 e. The Balaban J connectivity index is 3.01. The third-order valence-corrected chi connectivity index (χ3v) is 1.91. The smallest absolute Gasteiger partial charge is 0.407 e. The molecule has 0 unspecified atom stereocenters. The lowest BCUT2D eigenvalue weighted by Gasteiger charge is -2.07. The van der Waals surface area contributed by atoms with Gasteiger partial charge in [0.05, 0.1) is 13.2 Å². The van der Waals surface area contributed by atoms with Gasteiger partial charge < -0.3 is 20.1 Å². The SMILES string of the molecule is CCCCNCCOCCOC(=O)NCC. The molecule has 0 fully saturated rings. The summed E-state index contributed by atoms with van der Waals surface area (Å²) < 4.78 is 10.1. The maximum atomic E-state index is 10.8. The predicted molar refractivity (Wildman–Crippen MR) is 63.6 cm³/mol. The van der Waals surface area contributed by atoms with Gasteiger partial charge in [-0.2, -0.15) is 0 Å². The highest BCUT2D eigenvalue weighted by Gasteiger charge is 1.97. The van der Waals surface area contributed by atoms with Gasteiger partial charge in [-0.1, -0.05) is 13.3 Å². The Hall–Kier alpha value is -0.810. The Bertz CT molecular complexity index is 165. The van der Waals surface area contributed by atoms with Crippen molar-refractivity contribution in [1.82, 2.24) is 10.6 Å². The number of carbonyl (C=O) groups is 1. The van der Waals surface area contributed by atoms with Crippen LogP contribution in [-0.2, 0) is 9.47 Å². The zero-order chi connectivity index (χ0) is 12.1. The van der Waals surface area contributed by atoms with Crippen LogP contribution in [0.3, 0.4) is 0 Å². The summed E-state index contributed by atoms with van der Waals surface area (Å²) >= 11 is 0. The number of unbranched alkanes of at least 4 members (excludes halogenated alkanes) is 1. The van der Waals surface area contributed by atoms with Crippen LogP contribution in [0.4, 0.5) is 4.79 Å². The van der Waals surface area contributed by atoms with Gasteiger partial charge in [0.15, 0.2) is 0 Å². The summed E-state index contributed by atoms with van der Waals surface area (Å²) in [6, 6.07) is 0. The predicted octanol–water partition coefficient (Wildman–Crippen LogP) is 1.14. The van der Waals surface area contributed by atoms with E-state index in [1.165, 1.54) is 12.8 Å². The third-order valence-electron chi connectivity index (χ3n) is 1.91. The van der Waals surface area contributed by atoms with E-state index in [0.29, 0.717) is 26.4 Å². The van der Waals surface area contributed by atoms with Crippen molar-refractivity contribution in [1.29, 1.82) is 0 Å². The summed E-state index contributed by atoms with van der Waals surface area (Å²) in [7, 11) is 0. The second kappa shape index (κ2) is 12.3. The molecule has 0 saturated heterocycles. The number of carbonyl (C=O) groups excluding carboxylic acids is 1. The molecule has 0 aliphatic heterocycles. The molecular formula is C11H24N2O3. The maximum absolute atomic E-state index is 10.8. The second-order valence-corrected chi connectivity index (χ2v) is 3.38. The highest BCUT2D eigenvalue weighted by molar-refractivity contribution is 5.66.